The summed E-state index contributed by atoms with van der Waals surface area (Å²) < 4.78 is 68.4. The van der Waals surface area contributed by atoms with E-state index in [1.165, 1.54) is 25.7 Å². The Kier molecular flexibility index (Phi) is 71.2. The van der Waals surface area contributed by atoms with Crippen LogP contribution in [0.5, 0.6) is 0 Å². The van der Waals surface area contributed by atoms with E-state index in [0.717, 1.165) is 154 Å². The predicted molar refractivity (Wildman–Crippen MR) is 426 cm³/mol. The van der Waals surface area contributed by atoms with Crippen molar-refractivity contribution in [1.82, 2.24) is 0 Å². The molecule has 588 valence electrons. The molecular weight excluding hydrogens is 1350 g/mol. The van der Waals surface area contributed by atoms with Crippen LogP contribution in [0, 0.1) is 0 Å². The molecule has 0 heterocycles. The molecule has 0 aromatic rings. The van der Waals surface area contributed by atoms with Gasteiger partial charge in [0.25, 0.3) is 0 Å². The Morgan fingerprint density at radius 2 is 0.529 bits per heavy atom. The van der Waals surface area contributed by atoms with Crippen LogP contribution < -0.4 is 0 Å². The van der Waals surface area contributed by atoms with Crippen molar-refractivity contribution in [3.8, 4) is 0 Å². The van der Waals surface area contributed by atoms with Crippen LogP contribution in [0.15, 0.2) is 182 Å². The van der Waals surface area contributed by atoms with Crippen LogP contribution in [0.1, 0.15) is 272 Å². The zero-order valence-electron chi connectivity index (χ0n) is 64.1. The van der Waals surface area contributed by atoms with Gasteiger partial charge in [-0.05, 0) is 161 Å². The molecule has 0 aromatic heterocycles. The Bertz CT molecular complexity index is 2690. The maximum absolute atomic E-state index is 13.1. The summed E-state index contributed by atoms with van der Waals surface area (Å²) >= 11 is 0. The van der Waals surface area contributed by atoms with Crippen molar-refractivity contribution in [3.63, 3.8) is 0 Å². The van der Waals surface area contributed by atoms with E-state index in [1.807, 2.05) is 30.4 Å². The van der Waals surface area contributed by atoms with Gasteiger partial charge in [0.2, 0.25) is 0 Å². The monoisotopic (exact) mass is 1490 g/mol. The third-order valence-corrected chi connectivity index (χ3v) is 17.3. The number of esters is 4. The molecule has 0 saturated carbocycles. The molecular formula is C85H136O17P2. The van der Waals surface area contributed by atoms with E-state index in [4.69, 9.17) is 37.0 Å². The molecule has 0 aliphatic heterocycles. The summed E-state index contributed by atoms with van der Waals surface area (Å²) in [5.74, 6) is -2.39. The van der Waals surface area contributed by atoms with Crippen molar-refractivity contribution in [2.75, 3.05) is 39.6 Å². The molecule has 0 fully saturated rings. The standard InChI is InChI=1S/C85H136O17P2/c1-5-9-13-17-21-25-29-33-36-38-39-41-44-47-50-54-58-62-66-70-83(88)96-76-81(102-85(90)72-68-64-60-56-52-48-42-35-31-27-23-19-15-11-7-3)78-100-104(93,94)98-74-79(86)73-97-103(91,92)99-77-80(101-84(89)71-67-63-59-55-51-45-32-28-24-20-16-12-8-4)75-95-82(87)69-65-61-57-53-49-46-43-40-37-34-30-26-22-18-14-10-6-2/h9-11,13-15,21-23,25-28,32-37,39,41-43,46-47,50,53,57-58,62,79-81,86H,5-8,12,16-20,24,29-31,38,40,44-45,48-49,51-52,54-56,59-61,63-78H2,1-4H3,(H,91,92)(H,93,94)/b13-9-,14-10-,15-11-,25-21-,26-22-,27-23-,32-28-,36-33-,37-34-,41-39-,42-35-,46-43-,50-47-,57-53-,62-58-. The van der Waals surface area contributed by atoms with Crippen molar-refractivity contribution >= 4 is 39.5 Å². The molecule has 0 bridgehead atoms. The lowest BCUT2D eigenvalue weighted by Gasteiger charge is -2.21. The summed E-state index contributed by atoms with van der Waals surface area (Å²) in [7, 11) is -10.0. The minimum Gasteiger partial charge on any atom is -0.462 e. The zero-order valence-corrected chi connectivity index (χ0v) is 65.9. The first kappa shape index (κ1) is 98.2. The maximum atomic E-state index is 13.1. The number of aliphatic hydroxyl groups is 1. The van der Waals surface area contributed by atoms with Gasteiger partial charge in [0.1, 0.15) is 19.3 Å². The van der Waals surface area contributed by atoms with Gasteiger partial charge in [-0.3, -0.25) is 37.3 Å². The molecule has 5 unspecified atom stereocenters. The highest BCUT2D eigenvalue weighted by Crippen LogP contribution is 2.45. The third-order valence-electron chi connectivity index (χ3n) is 15.4. The molecule has 19 heteroatoms. The van der Waals surface area contributed by atoms with Gasteiger partial charge in [-0.1, -0.05) is 268 Å². The van der Waals surface area contributed by atoms with Crippen molar-refractivity contribution in [2.24, 2.45) is 0 Å². The number of phosphoric acid groups is 2. The molecule has 0 amide bonds. The number of aliphatic hydroxyl groups excluding tert-OH is 1. The second kappa shape index (κ2) is 75.4. The summed E-state index contributed by atoms with van der Waals surface area (Å²) in [5, 5.41) is 10.6. The quantitative estimate of drug-likeness (QED) is 0.0169. The van der Waals surface area contributed by atoms with E-state index < -0.39 is 97.5 Å². The van der Waals surface area contributed by atoms with Crippen LogP contribution in [0.4, 0.5) is 0 Å². The number of hydrogen-bond donors (Lipinski definition) is 3. The normalized spacial score (nSPS) is 14.9. The summed E-state index contributed by atoms with van der Waals surface area (Å²) in [5.41, 5.74) is 0. The molecule has 3 N–H and O–H groups in total. The van der Waals surface area contributed by atoms with Gasteiger partial charge in [0, 0.05) is 25.7 Å². The summed E-state index contributed by atoms with van der Waals surface area (Å²) in [6.45, 7) is 4.31. The first-order valence-corrected chi connectivity index (χ1v) is 42.0. The number of hydrogen-bond acceptors (Lipinski definition) is 15. The van der Waals surface area contributed by atoms with Crippen LogP contribution in [0.2, 0.25) is 0 Å². The second-order valence-electron chi connectivity index (χ2n) is 25.1. The molecule has 0 rings (SSSR count). The number of allylic oxidation sites excluding steroid dienone is 30. The molecule has 0 aromatic carbocycles. The first-order valence-electron chi connectivity index (χ1n) is 39.0. The van der Waals surface area contributed by atoms with Crippen molar-refractivity contribution < 1.29 is 80.2 Å². The molecule has 0 saturated heterocycles. The molecule has 0 spiro atoms. The summed E-state index contributed by atoms with van der Waals surface area (Å²) in [6.07, 6.45) is 90.4. The minimum atomic E-state index is -5.01. The lowest BCUT2D eigenvalue weighted by molar-refractivity contribution is -0.161. The van der Waals surface area contributed by atoms with Crippen LogP contribution in [-0.4, -0.2) is 96.7 Å². The highest BCUT2D eigenvalue weighted by atomic mass is 31.2. The number of phosphoric ester groups is 2. The molecule has 0 radical (unpaired) electrons. The van der Waals surface area contributed by atoms with Gasteiger partial charge in [0.15, 0.2) is 12.2 Å². The Morgan fingerprint density at radius 1 is 0.279 bits per heavy atom. The molecule has 5 atom stereocenters. The van der Waals surface area contributed by atoms with E-state index in [1.54, 1.807) is 0 Å². The van der Waals surface area contributed by atoms with E-state index >= 15 is 0 Å². The Hall–Kier alpha value is -5.84. The van der Waals surface area contributed by atoms with Gasteiger partial charge < -0.3 is 33.8 Å². The fourth-order valence-electron chi connectivity index (χ4n) is 9.52. The molecule has 104 heavy (non-hydrogen) atoms. The number of carbonyl (C=O) groups excluding carboxylic acids is 4. The lowest BCUT2D eigenvalue weighted by atomic mass is 10.1. The molecule has 0 aliphatic carbocycles. The summed E-state index contributed by atoms with van der Waals surface area (Å²) in [4.78, 5) is 72.9. The van der Waals surface area contributed by atoms with E-state index in [2.05, 4.69) is 180 Å². The maximum Gasteiger partial charge on any atom is 0.472 e. The lowest BCUT2D eigenvalue weighted by Crippen LogP contribution is -2.30. The largest absolute Gasteiger partial charge is 0.472 e. The van der Waals surface area contributed by atoms with Crippen molar-refractivity contribution in [3.05, 3.63) is 182 Å². The molecule has 17 nitrogen and oxygen atoms in total. The fraction of sp³-hybridized carbons (Fsp3) is 0.600. The van der Waals surface area contributed by atoms with Gasteiger partial charge in [0.05, 0.1) is 26.4 Å². The number of unbranched alkanes of at least 4 members (excludes halogenated alkanes) is 15. The van der Waals surface area contributed by atoms with Gasteiger partial charge in [-0.2, -0.15) is 0 Å². The van der Waals surface area contributed by atoms with Crippen LogP contribution in [0.3, 0.4) is 0 Å². The number of ether oxygens (including phenoxy) is 4. The summed E-state index contributed by atoms with van der Waals surface area (Å²) in [6, 6.07) is 0. The number of rotatable bonds is 71. The zero-order chi connectivity index (χ0) is 76.0. The number of carbonyl (C=O) groups is 4. The minimum absolute atomic E-state index is 0.0243. The van der Waals surface area contributed by atoms with Crippen LogP contribution >= 0.6 is 15.6 Å². The average molecular weight is 1490 g/mol. The van der Waals surface area contributed by atoms with Gasteiger partial charge in [-0.15, -0.1) is 0 Å². The molecule has 0 aliphatic rings. The Balaban J connectivity index is 5.50. The van der Waals surface area contributed by atoms with Gasteiger partial charge >= 0.3 is 39.5 Å². The second-order valence-corrected chi connectivity index (χ2v) is 28.1. The van der Waals surface area contributed by atoms with Crippen LogP contribution in [-0.2, 0) is 65.4 Å². The van der Waals surface area contributed by atoms with Crippen molar-refractivity contribution in [1.29, 1.82) is 0 Å². The SMILES string of the molecule is CC/C=C\C/C=C\C/C=C\C/C=C\C/C=C\C/C=C\CCC(=O)OCC(COP(=O)(O)OCC(O)COP(=O)(O)OCC(COC(=O)CCC/C=C\C/C=C\C/C=C\C/C=C\C/C=C\CC)OC(=O)CCCCCCC/C=C\CCCCCC)OC(=O)CCCCCCC/C=C\C/C=C\C/C=C\CC. The first-order chi connectivity index (χ1) is 50.7. The average Bonchev–Trinajstić information content (AvgIpc) is 0.911. The van der Waals surface area contributed by atoms with Crippen LogP contribution in [0.25, 0.3) is 0 Å². The Labute approximate surface area is 628 Å². The fourth-order valence-corrected chi connectivity index (χ4v) is 11.1. The topological polar surface area (TPSA) is 237 Å². The van der Waals surface area contributed by atoms with Gasteiger partial charge in [-0.25, -0.2) is 9.13 Å². The van der Waals surface area contributed by atoms with E-state index in [-0.39, 0.29) is 25.7 Å². The predicted octanol–water partition coefficient (Wildman–Crippen LogP) is 22.8. The smallest absolute Gasteiger partial charge is 0.462 e. The van der Waals surface area contributed by atoms with E-state index in [9.17, 15) is 43.2 Å². The van der Waals surface area contributed by atoms with Crippen molar-refractivity contribution in [2.45, 2.75) is 290 Å². The third kappa shape index (κ3) is 74.4. The highest BCUT2D eigenvalue weighted by Gasteiger charge is 2.30. The highest BCUT2D eigenvalue weighted by molar-refractivity contribution is 7.47. The van der Waals surface area contributed by atoms with E-state index in [0.29, 0.717) is 38.5 Å². The Morgan fingerprint density at radius 3 is 0.865 bits per heavy atom.